The number of carbonyl (C=O) groups is 1. The predicted molar refractivity (Wildman–Crippen MR) is 111 cm³/mol. The van der Waals surface area contributed by atoms with Crippen LogP contribution in [0.1, 0.15) is 10.4 Å². The van der Waals surface area contributed by atoms with Gasteiger partial charge in [0, 0.05) is 42.3 Å². The highest BCUT2D eigenvalue weighted by Crippen LogP contribution is 2.31. The molecule has 7 heteroatoms. The number of aromatic nitrogens is 1. The molecule has 0 unspecified atom stereocenters. The summed E-state index contributed by atoms with van der Waals surface area (Å²) in [6.45, 7) is 6.35. The summed E-state index contributed by atoms with van der Waals surface area (Å²) in [5, 5.41) is 4.24. The van der Waals surface area contributed by atoms with Gasteiger partial charge in [-0.3, -0.25) is 4.90 Å². The predicted octanol–water partition coefficient (Wildman–Crippen LogP) is 3.54. The molecule has 27 heavy (non-hydrogen) atoms. The second-order valence-electron chi connectivity index (χ2n) is 6.81. The molecule has 0 bridgehead atoms. The van der Waals surface area contributed by atoms with Crippen LogP contribution in [0.25, 0.3) is 10.1 Å². The van der Waals surface area contributed by atoms with Crippen molar-refractivity contribution < 1.29 is 4.79 Å². The lowest BCUT2D eigenvalue weighted by molar-refractivity contribution is 0.143. The molecule has 0 saturated carbocycles. The third-order valence-electron chi connectivity index (χ3n) is 5.01. The number of urea groups is 1. The summed E-state index contributed by atoms with van der Waals surface area (Å²) in [6.07, 6.45) is 1.58. The summed E-state index contributed by atoms with van der Waals surface area (Å²) >= 11 is 1.88. The van der Waals surface area contributed by atoms with E-state index in [0.717, 1.165) is 32.7 Å². The molecule has 0 aliphatic carbocycles. The first-order valence-electron chi connectivity index (χ1n) is 9.07. The smallest absolute Gasteiger partial charge is 0.321 e. The van der Waals surface area contributed by atoms with Crippen LogP contribution in [0.4, 0.5) is 16.3 Å². The van der Waals surface area contributed by atoms with Gasteiger partial charge in [-0.05, 0) is 36.1 Å². The van der Waals surface area contributed by atoms with Crippen molar-refractivity contribution >= 4 is 39.0 Å². The average molecular weight is 382 g/mol. The second-order valence-corrected chi connectivity index (χ2v) is 7.95. The zero-order valence-electron chi connectivity index (χ0n) is 15.3. The molecule has 3 heterocycles. The van der Waals surface area contributed by atoms with Gasteiger partial charge in [-0.15, -0.1) is 11.3 Å². The van der Waals surface area contributed by atoms with Gasteiger partial charge in [0.15, 0.2) is 0 Å². The van der Waals surface area contributed by atoms with Crippen LogP contribution in [0.15, 0.2) is 42.6 Å². The third-order valence-corrected chi connectivity index (χ3v) is 6.26. The summed E-state index contributed by atoms with van der Waals surface area (Å²) in [7, 11) is 0. The molecule has 0 spiro atoms. The van der Waals surface area contributed by atoms with Gasteiger partial charge in [0.2, 0.25) is 0 Å². The first-order valence-corrected chi connectivity index (χ1v) is 9.88. The van der Waals surface area contributed by atoms with E-state index in [0.29, 0.717) is 11.5 Å². The van der Waals surface area contributed by atoms with E-state index < -0.39 is 0 Å². The van der Waals surface area contributed by atoms with E-state index in [-0.39, 0.29) is 6.03 Å². The number of pyridine rings is 1. The molecule has 0 atom stereocenters. The third kappa shape index (κ3) is 3.89. The fraction of sp³-hybridized carbons (Fsp3) is 0.300. The van der Waals surface area contributed by atoms with Gasteiger partial charge in [0.05, 0.1) is 11.9 Å². The van der Waals surface area contributed by atoms with Crippen molar-refractivity contribution in [2.75, 3.05) is 37.2 Å². The number of fused-ring (bicyclic) bond motifs is 1. The topological polar surface area (TPSA) is 74.5 Å². The Morgan fingerprint density at radius 2 is 1.96 bits per heavy atom. The van der Waals surface area contributed by atoms with Crippen molar-refractivity contribution in [3.05, 3.63) is 53.0 Å². The first kappa shape index (κ1) is 17.8. The summed E-state index contributed by atoms with van der Waals surface area (Å²) in [5.41, 5.74) is 7.62. The van der Waals surface area contributed by atoms with E-state index in [2.05, 4.69) is 46.4 Å². The van der Waals surface area contributed by atoms with Gasteiger partial charge in [-0.1, -0.05) is 18.2 Å². The van der Waals surface area contributed by atoms with E-state index in [4.69, 9.17) is 5.73 Å². The van der Waals surface area contributed by atoms with Gasteiger partial charge in [0.25, 0.3) is 0 Å². The van der Waals surface area contributed by atoms with Crippen LogP contribution in [-0.2, 0) is 6.54 Å². The SMILES string of the molecule is Cc1c(CN2CCN(C(=O)Nc3ccc(N)nc3)CC2)sc2ccccc12. The molecular formula is C20H23N5OS. The number of carbonyl (C=O) groups excluding carboxylic acids is 1. The molecule has 2 amide bonds. The molecule has 3 N–H and O–H groups in total. The minimum Gasteiger partial charge on any atom is -0.384 e. The summed E-state index contributed by atoms with van der Waals surface area (Å²) in [6, 6.07) is 11.9. The van der Waals surface area contributed by atoms with Crippen LogP contribution in [0.3, 0.4) is 0 Å². The molecule has 140 valence electrons. The largest absolute Gasteiger partial charge is 0.384 e. The highest BCUT2D eigenvalue weighted by atomic mass is 32.1. The normalized spacial score (nSPS) is 15.2. The molecule has 1 aliphatic heterocycles. The maximum Gasteiger partial charge on any atom is 0.321 e. The number of piperazine rings is 1. The maximum absolute atomic E-state index is 12.4. The zero-order valence-corrected chi connectivity index (χ0v) is 16.1. The lowest BCUT2D eigenvalue weighted by Gasteiger charge is -2.34. The Balaban J connectivity index is 1.33. The molecular weight excluding hydrogens is 358 g/mol. The average Bonchev–Trinajstić information content (AvgIpc) is 3.00. The van der Waals surface area contributed by atoms with E-state index in [9.17, 15) is 4.79 Å². The van der Waals surface area contributed by atoms with Crippen LogP contribution in [0.2, 0.25) is 0 Å². The highest BCUT2D eigenvalue weighted by Gasteiger charge is 2.22. The van der Waals surface area contributed by atoms with E-state index in [1.807, 2.05) is 16.2 Å². The zero-order chi connectivity index (χ0) is 18.8. The molecule has 0 radical (unpaired) electrons. The van der Waals surface area contributed by atoms with Gasteiger partial charge in [0.1, 0.15) is 5.82 Å². The quantitative estimate of drug-likeness (QED) is 0.728. The van der Waals surface area contributed by atoms with E-state index in [1.54, 1.807) is 18.3 Å². The number of rotatable bonds is 3. The number of nitrogens with one attached hydrogen (secondary N) is 1. The number of thiophene rings is 1. The number of benzene rings is 1. The molecule has 1 saturated heterocycles. The number of nitrogens with zero attached hydrogens (tertiary/aromatic N) is 3. The number of aryl methyl sites for hydroxylation is 1. The lowest BCUT2D eigenvalue weighted by atomic mass is 10.1. The van der Waals surface area contributed by atoms with Gasteiger partial charge in [-0.25, -0.2) is 9.78 Å². The molecule has 2 aromatic heterocycles. The fourth-order valence-corrected chi connectivity index (χ4v) is 4.62. The Labute approximate surface area is 162 Å². The Kier molecular flexibility index (Phi) is 4.96. The van der Waals surface area contributed by atoms with Crippen molar-refractivity contribution in [2.24, 2.45) is 0 Å². The Morgan fingerprint density at radius 1 is 1.19 bits per heavy atom. The van der Waals surface area contributed by atoms with Crippen molar-refractivity contribution in [3.8, 4) is 0 Å². The highest BCUT2D eigenvalue weighted by molar-refractivity contribution is 7.19. The fourth-order valence-electron chi connectivity index (χ4n) is 3.37. The van der Waals surface area contributed by atoms with Crippen LogP contribution in [0.5, 0.6) is 0 Å². The summed E-state index contributed by atoms with van der Waals surface area (Å²) < 4.78 is 1.35. The maximum atomic E-state index is 12.4. The Morgan fingerprint density at radius 3 is 2.67 bits per heavy atom. The van der Waals surface area contributed by atoms with Crippen molar-refractivity contribution in [3.63, 3.8) is 0 Å². The monoisotopic (exact) mass is 381 g/mol. The molecule has 6 nitrogen and oxygen atoms in total. The number of anilines is 2. The van der Waals surface area contributed by atoms with Crippen molar-refractivity contribution in [2.45, 2.75) is 13.5 Å². The molecule has 4 rings (SSSR count). The van der Waals surface area contributed by atoms with Gasteiger partial charge in [-0.2, -0.15) is 0 Å². The number of hydrogen-bond donors (Lipinski definition) is 2. The summed E-state index contributed by atoms with van der Waals surface area (Å²) in [4.78, 5) is 22.1. The molecule has 1 aromatic carbocycles. The number of hydrogen-bond acceptors (Lipinski definition) is 5. The van der Waals surface area contributed by atoms with Crippen LogP contribution in [-0.4, -0.2) is 47.0 Å². The second kappa shape index (κ2) is 7.54. The first-order chi connectivity index (χ1) is 13.1. The number of nitrogens with two attached hydrogens (primary N) is 1. The van der Waals surface area contributed by atoms with Crippen LogP contribution >= 0.6 is 11.3 Å². The van der Waals surface area contributed by atoms with Crippen molar-refractivity contribution in [1.29, 1.82) is 0 Å². The Bertz CT molecular complexity index is 945. The van der Waals surface area contributed by atoms with Crippen LogP contribution < -0.4 is 11.1 Å². The van der Waals surface area contributed by atoms with Crippen LogP contribution in [0, 0.1) is 6.92 Å². The number of nitrogen functional groups attached to an aromatic ring is 1. The van der Waals surface area contributed by atoms with Gasteiger partial charge < -0.3 is 16.0 Å². The minimum atomic E-state index is -0.0840. The number of amides is 2. The van der Waals surface area contributed by atoms with E-state index >= 15 is 0 Å². The van der Waals surface area contributed by atoms with E-state index in [1.165, 1.54) is 20.5 Å². The standard InChI is InChI=1S/C20H23N5OS/c1-14-16-4-2-3-5-17(16)27-18(14)13-24-8-10-25(11-9-24)20(26)23-15-6-7-19(21)22-12-15/h2-7,12H,8-11,13H2,1H3,(H2,21,22)(H,23,26). The summed E-state index contributed by atoms with van der Waals surface area (Å²) in [5.74, 6) is 0.443. The van der Waals surface area contributed by atoms with Gasteiger partial charge >= 0.3 is 6.03 Å². The molecule has 3 aromatic rings. The Hall–Kier alpha value is -2.64. The lowest BCUT2D eigenvalue weighted by Crippen LogP contribution is -2.49. The molecule has 1 aliphatic rings. The minimum absolute atomic E-state index is 0.0840. The molecule has 1 fully saturated rings. The van der Waals surface area contributed by atoms with Crippen molar-refractivity contribution in [1.82, 2.24) is 14.8 Å².